The fourth-order valence-electron chi connectivity index (χ4n) is 1.64. The van der Waals surface area contributed by atoms with Crippen molar-refractivity contribution in [2.75, 3.05) is 13.6 Å². The first-order valence-electron chi connectivity index (χ1n) is 6.21. The van der Waals surface area contributed by atoms with Crippen molar-refractivity contribution in [3.05, 3.63) is 24.0 Å². The number of aromatic nitrogens is 1. The van der Waals surface area contributed by atoms with Gasteiger partial charge in [0.05, 0.1) is 6.04 Å². The summed E-state index contributed by atoms with van der Waals surface area (Å²) in [6.45, 7) is 8.46. The number of aryl methyl sites for hydroxylation is 1. The van der Waals surface area contributed by atoms with E-state index in [1.807, 2.05) is 20.9 Å². The van der Waals surface area contributed by atoms with Gasteiger partial charge in [0.15, 0.2) is 0 Å². The molecule has 0 aliphatic rings. The van der Waals surface area contributed by atoms with Crippen LogP contribution in [0.2, 0.25) is 0 Å². The number of hydrogen-bond acceptors (Lipinski definition) is 2. The molecule has 0 saturated carbocycles. The molecule has 0 aromatic carbocycles. The number of carbonyl (C=O) groups is 1. The predicted molar refractivity (Wildman–Crippen MR) is 69.7 cm³/mol. The summed E-state index contributed by atoms with van der Waals surface area (Å²) in [5.74, 6) is 0.141. The van der Waals surface area contributed by atoms with Crippen LogP contribution in [-0.4, -0.2) is 35.0 Å². The number of carbonyl (C=O) groups excluding carboxylic acids is 1. The molecule has 4 heteroatoms. The number of likely N-dealkylation sites (N-methyl/N-ethyl adjacent to an activating group) is 1. The number of rotatable bonds is 6. The average Bonchev–Trinajstić information content (AvgIpc) is 2.81. The summed E-state index contributed by atoms with van der Waals surface area (Å²) in [7, 11) is 1.83. The van der Waals surface area contributed by atoms with E-state index in [0.29, 0.717) is 0 Å². The molecule has 1 amide bonds. The van der Waals surface area contributed by atoms with Crippen LogP contribution in [0.5, 0.6) is 0 Å². The van der Waals surface area contributed by atoms with Gasteiger partial charge in [0, 0.05) is 39.1 Å². The van der Waals surface area contributed by atoms with E-state index in [4.69, 9.17) is 0 Å². The van der Waals surface area contributed by atoms with Gasteiger partial charge in [0.2, 0.25) is 5.91 Å². The maximum Gasteiger partial charge on any atom is 0.239 e. The quantitative estimate of drug-likeness (QED) is 0.813. The van der Waals surface area contributed by atoms with Crippen LogP contribution in [0.25, 0.3) is 0 Å². The number of nitrogens with zero attached hydrogens (tertiary/aromatic N) is 2. The lowest BCUT2D eigenvalue weighted by molar-refractivity contribution is -0.131. The van der Waals surface area contributed by atoms with Gasteiger partial charge in [-0.25, -0.2) is 0 Å². The van der Waals surface area contributed by atoms with Gasteiger partial charge in [-0.3, -0.25) is 4.79 Å². The third kappa shape index (κ3) is 3.89. The van der Waals surface area contributed by atoms with Crippen molar-refractivity contribution in [1.29, 1.82) is 0 Å². The van der Waals surface area contributed by atoms with E-state index in [0.717, 1.165) is 19.6 Å². The maximum atomic E-state index is 11.8. The molecule has 1 N–H and O–H groups in total. The molecular weight excluding hydrogens is 214 g/mol. The fraction of sp³-hybridized carbons (Fsp3) is 0.615. The molecule has 0 saturated heterocycles. The highest BCUT2D eigenvalue weighted by atomic mass is 16.2. The molecule has 1 heterocycles. The largest absolute Gasteiger partial charge is 0.354 e. The minimum absolute atomic E-state index is 0.134. The summed E-state index contributed by atoms with van der Waals surface area (Å²) in [6, 6.07) is 1.95. The third-order valence-corrected chi connectivity index (χ3v) is 3.01. The molecular formula is C13H23N3O. The number of hydrogen-bond donors (Lipinski definition) is 1. The van der Waals surface area contributed by atoms with Gasteiger partial charge in [-0.05, 0) is 32.4 Å². The summed E-state index contributed by atoms with van der Waals surface area (Å²) in [6.07, 6.45) is 4.16. The number of nitrogens with one attached hydrogen (secondary N) is 1. The van der Waals surface area contributed by atoms with Crippen molar-refractivity contribution < 1.29 is 4.79 Å². The highest BCUT2D eigenvalue weighted by Gasteiger charge is 2.15. The van der Waals surface area contributed by atoms with Gasteiger partial charge in [0.1, 0.15) is 0 Å². The van der Waals surface area contributed by atoms with Gasteiger partial charge in [-0.2, -0.15) is 0 Å². The van der Waals surface area contributed by atoms with Gasteiger partial charge in [-0.15, -0.1) is 0 Å². The van der Waals surface area contributed by atoms with Gasteiger partial charge in [-0.1, -0.05) is 0 Å². The normalized spacial score (nSPS) is 12.5. The summed E-state index contributed by atoms with van der Waals surface area (Å²) in [5, 5.41) is 3.25. The Morgan fingerprint density at radius 1 is 1.53 bits per heavy atom. The van der Waals surface area contributed by atoms with E-state index < -0.39 is 0 Å². The minimum Gasteiger partial charge on any atom is -0.354 e. The Kier molecular flexibility index (Phi) is 5.22. The Morgan fingerprint density at radius 2 is 2.24 bits per heavy atom. The topological polar surface area (TPSA) is 37.3 Å². The Bertz CT molecular complexity index is 359. The first-order chi connectivity index (χ1) is 8.08. The highest BCUT2D eigenvalue weighted by Crippen LogP contribution is 2.02. The Hall–Kier alpha value is -1.29. The molecule has 0 fully saturated rings. The predicted octanol–water partition coefficient (Wildman–Crippen LogP) is 1.46. The Balaban J connectivity index is 2.42. The van der Waals surface area contributed by atoms with E-state index in [1.165, 1.54) is 5.56 Å². The summed E-state index contributed by atoms with van der Waals surface area (Å²) in [5.41, 5.74) is 1.21. The molecule has 0 spiro atoms. The van der Waals surface area contributed by atoms with Crippen molar-refractivity contribution in [3.8, 4) is 0 Å². The van der Waals surface area contributed by atoms with E-state index in [1.54, 1.807) is 4.90 Å². The summed E-state index contributed by atoms with van der Waals surface area (Å²) in [4.78, 5) is 13.5. The summed E-state index contributed by atoms with van der Waals surface area (Å²) < 4.78 is 2.13. The Morgan fingerprint density at radius 3 is 2.76 bits per heavy atom. The second-order valence-corrected chi connectivity index (χ2v) is 4.31. The Labute approximate surface area is 104 Å². The summed E-state index contributed by atoms with van der Waals surface area (Å²) >= 11 is 0. The molecule has 0 aliphatic carbocycles. The van der Waals surface area contributed by atoms with Crippen LogP contribution in [-0.2, 0) is 17.9 Å². The first kappa shape index (κ1) is 13.8. The van der Waals surface area contributed by atoms with E-state index in [2.05, 4.69) is 35.3 Å². The fourth-order valence-corrected chi connectivity index (χ4v) is 1.64. The number of amides is 1. The lowest BCUT2D eigenvalue weighted by Gasteiger charge is -2.20. The molecule has 1 atom stereocenters. The average molecular weight is 237 g/mol. The van der Waals surface area contributed by atoms with Crippen LogP contribution >= 0.6 is 0 Å². The van der Waals surface area contributed by atoms with Crippen LogP contribution in [0.1, 0.15) is 26.3 Å². The van der Waals surface area contributed by atoms with Gasteiger partial charge in [0.25, 0.3) is 0 Å². The standard InChI is InChI=1S/C13H23N3O/c1-5-15(4)13(17)11(3)14-9-12-7-8-16(6-2)10-12/h7-8,10-11,14H,5-6,9H2,1-4H3. The van der Waals surface area contributed by atoms with Crippen LogP contribution < -0.4 is 5.32 Å². The zero-order valence-corrected chi connectivity index (χ0v) is 11.2. The third-order valence-electron chi connectivity index (χ3n) is 3.01. The monoisotopic (exact) mass is 237 g/mol. The highest BCUT2D eigenvalue weighted by molar-refractivity contribution is 5.81. The van der Waals surface area contributed by atoms with E-state index in [-0.39, 0.29) is 11.9 Å². The molecule has 1 aromatic heterocycles. The van der Waals surface area contributed by atoms with Crippen LogP contribution in [0.15, 0.2) is 18.5 Å². The minimum atomic E-state index is -0.134. The van der Waals surface area contributed by atoms with Crippen molar-refractivity contribution >= 4 is 5.91 Å². The second-order valence-electron chi connectivity index (χ2n) is 4.31. The smallest absolute Gasteiger partial charge is 0.239 e. The zero-order chi connectivity index (χ0) is 12.8. The molecule has 1 rings (SSSR count). The van der Waals surface area contributed by atoms with Gasteiger partial charge >= 0.3 is 0 Å². The second kappa shape index (κ2) is 6.45. The lowest BCUT2D eigenvalue weighted by Crippen LogP contribution is -2.42. The molecule has 17 heavy (non-hydrogen) atoms. The lowest BCUT2D eigenvalue weighted by atomic mass is 10.2. The molecule has 1 unspecified atom stereocenters. The van der Waals surface area contributed by atoms with E-state index >= 15 is 0 Å². The van der Waals surface area contributed by atoms with E-state index in [9.17, 15) is 4.79 Å². The van der Waals surface area contributed by atoms with Crippen molar-refractivity contribution in [2.45, 2.75) is 39.9 Å². The molecule has 96 valence electrons. The molecule has 4 nitrogen and oxygen atoms in total. The van der Waals surface area contributed by atoms with Crippen LogP contribution in [0.3, 0.4) is 0 Å². The molecule has 0 radical (unpaired) electrons. The molecule has 0 bridgehead atoms. The van der Waals surface area contributed by atoms with Crippen molar-refractivity contribution in [2.24, 2.45) is 0 Å². The van der Waals surface area contributed by atoms with Crippen molar-refractivity contribution in [1.82, 2.24) is 14.8 Å². The molecule has 0 aliphatic heterocycles. The van der Waals surface area contributed by atoms with Crippen molar-refractivity contribution in [3.63, 3.8) is 0 Å². The maximum absolute atomic E-state index is 11.8. The van der Waals surface area contributed by atoms with Crippen LogP contribution in [0, 0.1) is 0 Å². The SMILES string of the molecule is CCN(C)C(=O)C(C)NCc1ccn(CC)c1. The van der Waals surface area contributed by atoms with Crippen LogP contribution in [0.4, 0.5) is 0 Å². The molecule has 1 aromatic rings. The first-order valence-corrected chi connectivity index (χ1v) is 6.21. The zero-order valence-electron chi connectivity index (χ0n) is 11.2. The van der Waals surface area contributed by atoms with Gasteiger partial charge < -0.3 is 14.8 Å².